The fourth-order valence-corrected chi connectivity index (χ4v) is 3.76. The van der Waals surface area contributed by atoms with Gasteiger partial charge in [0.15, 0.2) is 0 Å². The molecule has 0 heterocycles. The number of rotatable bonds is 11. The van der Waals surface area contributed by atoms with E-state index >= 15 is 0 Å². The van der Waals surface area contributed by atoms with Gasteiger partial charge in [0, 0.05) is 5.56 Å². The SMILES string of the molecule is CC(C)(C)CCCCCCc1c(O)ccc(CCCCC2(C)CC2)c1O. The lowest BCUT2D eigenvalue weighted by Crippen LogP contribution is -2.03. The van der Waals surface area contributed by atoms with Crippen LogP contribution in [0.25, 0.3) is 0 Å². The van der Waals surface area contributed by atoms with E-state index in [0.717, 1.165) is 43.2 Å². The second kappa shape index (κ2) is 9.15. The Bertz CT molecular complexity index is 564. The summed E-state index contributed by atoms with van der Waals surface area (Å²) >= 11 is 0. The lowest BCUT2D eigenvalue weighted by atomic mass is 9.89. The van der Waals surface area contributed by atoms with Gasteiger partial charge in [0.05, 0.1) is 0 Å². The summed E-state index contributed by atoms with van der Waals surface area (Å²) in [5.74, 6) is 0.601. The van der Waals surface area contributed by atoms with Gasteiger partial charge in [-0.15, -0.1) is 0 Å². The van der Waals surface area contributed by atoms with Crippen LogP contribution in [0.1, 0.15) is 103 Å². The molecular weight excluding hydrogens is 320 g/mol. The van der Waals surface area contributed by atoms with Gasteiger partial charge in [-0.25, -0.2) is 0 Å². The largest absolute Gasteiger partial charge is 0.508 e. The Hall–Kier alpha value is -1.18. The van der Waals surface area contributed by atoms with Gasteiger partial charge in [-0.1, -0.05) is 59.4 Å². The van der Waals surface area contributed by atoms with Crippen LogP contribution in [-0.4, -0.2) is 10.2 Å². The Morgan fingerprint density at radius 2 is 1.54 bits per heavy atom. The van der Waals surface area contributed by atoms with Gasteiger partial charge in [-0.3, -0.25) is 0 Å². The summed E-state index contributed by atoms with van der Waals surface area (Å²) in [6.07, 6.45) is 14.1. The quantitative estimate of drug-likeness (QED) is 0.411. The smallest absolute Gasteiger partial charge is 0.125 e. The van der Waals surface area contributed by atoms with E-state index in [0.29, 0.717) is 16.6 Å². The molecule has 0 amide bonds. The van der Waals surface area contributed by atoms with Crippen LogP contribution < -0.4 is 0 Å². The van der Waals surface area contributed by atoms with Crippen molar-refractivity contribution in [3.63, 3.8) is 0 Å². The first kappa shape index (κ1) is 21.1. The van der Waals surface area contributed by atoms with Crippen molar-refractivity contribution in [1.29, 1.82) is 0 Å². The van der Waals surface area contributed by atoms with E-state index in [1.54, 1.807) is 6.07 Å². The van der Waals surface area contributed by atoms with Gasteiger partial charge in [-0.05, 0) is 73.8 Å². The van der Waals surface area contributed by atoms with Crippen molar-refractivity contribution in [1.82, 2.24) is 0 Å². The average molecular weight is 361 g/mol. The number of phenols is 2. The number of unbranched alkanes of at least 4 members (excludes halogenated alkanes) is 4. The lowest BCUT2D eigenvalue weighted by molar-refractivity contribution is 0.357. The number of aryl methyl sites for hydroxylation is 1. The molecule has 2 heteroatoms. The molecule has 2 rings (SSSR count). The first-order valence-corrected chi connectivity index (χ1v) is 10.7. The third kappa shape index (κ3) is 7.21. The molecule has 2 nitrogen and oxygen atoms in total. The highest BCUT2D eigenvalue weighted by molar-refractivity contribution is 5.48. The fraction of sp³-hybridized carbons (Fsp3) is 0.750. The Kier molecular flexibility index (Phi) is 7.43. The summed E-state index contributed by atoms with van der Waals surface area (Å²) in [5.41, 5.74) is 2.80. The normalized spacial score (nSPS) is 16.0. The molecule has 0 atom stereocenters. The highest BCUT2D eigenvalue weighted by Gasteiger charge is 2.35. The maximum absolute atomic E-state index is 10.6. The van der Waals surface area contributed by atoms with Gasteiger partial charge in [0.2, 0.25) is 0 Å². The molecule has 1 aliphatic rings. The van der Waals surface area contributed by atoms with Crippen molar-refractivity contribution >= 4 is 0 Å². The van der Waals surface area contributed by atoms with Crippen LogP contribution in [0.15, 0.2) is 12.1 Å². The molecule has 2 N–H and O–H groups in total. The summed E-state index contributed by atoms with van der Waals surface area (Å²) in [6, 6.07) is 3.67. The molecule has 26 heavy (non-hydrogen) atoms. The van der Waals surface area contributed by atoms with Crippen LogP contribution in [-0.2, 0) is 12.8 Å². The van der Waals surface area contributed by atoms with Crippen molar-refractivity contribution in [2.45, 2.75) is 105 Å². The van der Waals surface area contributed by atoms with Crippen LogP contribution in [0.3, 0.4) is 0 Å². The Morgan fingerprint density at radius 3 is 2.19 bits per heavy atom. The van der Waals surface area contributed by atoms with Gasteiger partial charge in [0.1, 0.15) is 11.5 Å². The van der Waals surface area contributed by atoms with Crippen LogP contribution in [0, 0.1) is 10.8 Å². The van der Waals surface area contributed by atoms with Gasteiger partial charge < -0.3 is 10.2 Å². The lowest BCUT2D eigenvalue weighted by Gasteiger charge is -2.17. The zero-order valence-electron chi connectivity index (χ0n) is 17.5. The first-order chi connectivity index (χ1) is 12.2. The van der Waals surface area contributed by atoms with Crippen LogP contribution >= 0.6 is 0 Å². The molecule has 0 radical (unpaired) electrons. The highest BCUT2D eigenvalue weighted by atomic mass is 16.3. The maximum atomic E-state index is 10.6. The van der Waals surface area contributed by atoms with Gasteiger partial charge in [0.25, 0.3) is 0 Å². The van der Waals surface area contributed by atoms with E-state index in [1.807, 2.05) is 6.07 Å². The van der Waals surface area contributed by atoms with Crippen molar-refractivity contribution < 1.29 is 10.2 Å². The summed E-state index contributed by atoms with van der Waals surface area (Å²) in [4.78, 5) is 0. The van der Waals surface area contributed by atoms with Crippen molar-refractivity contribution in [2.24, 2.45) is 10.8 Å². The molecule has 0 aromatic heterocycles. The van der Waals surface area contributed by atoms with Gasteiger partial charge >= 0.3 is 0 Å². The second-order valence-electron chi connectivity index (χ2n) is 10.1. The van der Waals surface area contributed by atoms with Crippen LogP contribution in [0.2, 0.25) is 0 Å². The molecule has 0 saturated heterocycles. The first-order valence-electron chi connectivity index (χ1n) is 10.7. The number of phenolic OH excluding ortho intramolecular Hbond substituents is 2. The molecule has 0 spiro atoms. The minimum absolute atomic E-state index is 0.256. The molecule has 1 aromatic rings. The molecule has 0 aliphatic heterocycles. The fourth-order valence-electron chi connectivity index (χ4n) is 3.76. The minimum atomic E-state index is 0.256. The number of hydrogen-bond acceptors (Lipinski definition) is 2. The Labute approximate surface area is 161 Å². The molecular formula is C24H40O2. The molecule has 0 bridgehead atoms. The average Bonchev–Trinajstić information content (AvgIpc) is 3.28. The summed E-state index contributed by atoms with van der Waals surface area (Å²) in [7, 11) is 0. The predicted molar refractivity (Wildman–Crippen MR) is 111 cm³/mol. The molecule has 1 saturated carbocycles. The van der Waals surface area contributed by atoms with E-state index in [2.05, 4.69) is 27.7 Å². The molecule has 1 aliphatic carbocycles. The van der Waals surface area contributed by atoms with Gasteiger partial charge in [-0.2, -0.15) is 0 Å². The molecule has 0 unspecified atom stereocenters. The highest BCUT2D eigenvalue weighted by Crippen LogP contribution is 2.49. The molecule has 148 valence electrons. The van der Waals surface area contributed by atoms with Crippen LogP contribution in [0.5, 0.6) is 11.5 Å². The Morgan fingerprint density at radius 1 is 0.885 bits per heavy atom. The van der Waals surface area contributed by atoms with E-state index in [4.69, 9.17) is 0 Å². The standard InChI is InChI=1S/C24H40O2/c1-23(2,3)15-9-6-5-7-12-20-21(25)14-13-19(22(20)26)11-8-10-16-24(4)17-18-24/h13-14,25-26H,5-12,15-18H2,1-4H3. The summed E-state index contributed by atoms with van der Waals surface area (Å²) < 4.78 is 0. The van der Waals surface area contributed by atoms with Crippen LogP contribution in [0.4, 0.5) is 0 Å². The van der Waals surface area contributed by atoms with E-state index in [-0.39, 0.29) is 5.75 Å². The maximum Gasteiger partial charge on any atom is 0.125 e. The van der Waals surface area contributed by atoms with Crippen molar-refractivity contribution in [3.05, 3.63) is 23.3 Å². The topological polar surface area (TPSA) is 40.5 Å². The Balaban J connectivity index is 1.74. The zero-order chi connectivity index (χ0) is 19.2. The monoisotopic (exact) mass is 360 g/mol. The van der Waals surface area contributed by atoms with Crippen molar-refractivity contribution in [2.75, 3.05) is 0 Å². The third-order valence-corrected chi connectivity index (χ3v) is 6.03. The molecule has 1 aromatic carbocycles. The predicted octanol–water partition coefficient (Wildman–Crippen LogP) is 7.15. The summed E-state index contributed by atoms with van der Waals surface area (Å²) in [5, 5.41) is 20.7. The van der Waals surface area contributed by atoms with E-state index < -0.39 is 0 Å². The second-order valence-corrected chi connectivity index (χ2v) is 10.1. The van der Waals surface area contributed by atoms with E-state index in [9.17, 15) is 10.2 Å². The number of aromatic hydroxyl groups is 2. The van der Waals surface area contributed by atoms with Crippen molar-refractivity contribution in [3.8, 4) is 11.5 Å². The summed E-state index contributed by atoms with van der Waals surface area (Å²) in [6.45, 7) is 9.25. The molecule has 1 fully saturated rings. The third-order valence-electron chi connectivity index (χ3n) is 6.03. The zero-order valence-corrected chi connectivity index (χ0v) is 17.5. The minimum Gasteiger partial charge on any atom is -0.508 e. The van der Waals surface area contributed by atoms with E-state index in [1.165, 1.54) is 44.9 Å². The number of hydrogen-bond donors (Lipinski definition) is 2. The number of benzene rings is 1.